The second-order valence-corrected chi connectivity index (χ2v) is 10.3. The molecule has 11 nitrogen and oxygen atoms in total. The number of aromatic nitrogens is 3. The van der Waals surface area contributed by atoms with E-state index in [0.717, 1.165) is 5.56 Å². The Morgan fingerprint density at radius 2 is 1.90 bits per heavy atom. The predicted octanol–water partition coefficient (Wildman–Crippen LogP) is 3.47. The first kappa shape index (κ1) is 28.5. The van der Waals surface area contributed by atoms with Gasteiger partial charge in [0.15, 0.2) is 0 Å². The number of aliphatic hydroxyl groups is 1. The first-order chi connectivity index (χ1) is 19.0. The van der Waals surface area contributed by atoms with Gasteiger partial charge >= 0.3 is 0 Å². The van der Waals surface area contributed by atoms with Gasteiger partial charge in [-0.1, -0.05) is 23.7 Å². The molecule has 0 unspecified atom stereocenters. The van der Waals surface area contributed by atoms with Crippen molar-refractivity contribution in [2.45, 2.75) is 32.3 Å². The monoisotopic (exact) mass is 564 g/mol. The summed E-state index contributed by atoms with van der Waals surface area (Å²) in [5.74, 6) is -0.666. The maximum atomic E-state index is 13.0. The molecular formula is C28H29ClN6O5. The summed E-state index contributed by atoms with van der Waals surface area (Å²) in [7, 11) is 0. The lowest BCUT2D eigenvalue weighted by Gasteiger charge is -2.17. The number of nitrogens with one attached hydrogen (secondary N) is 4. The van der Waals surface area contributed by atoms with Gasteiger partial charge in [-0.3, -0.25) is 14.4 Å². The largest absolute Gasteiger partial charge is 0.508 e. The number of fused-ring (bicyclic) bond motifs is 1. The van der Waals surface area contributed by atoms with Crippen LogP contribution in [0.25, 0.3) is 11.0 Å². The van der Waals surface area contributed by atoms with Gasteiger partial charge in [0.1, 0.15) is 17.0 Å². The zero-order valence-corrected chi connectivity index (χ0v) is 22.7. The Balaban J connectivity index is 1.41. The molecule has 0 atom stereocenters. The van der Waals surface area contributed by atoms with Gasteiger partial charge in [-0.15, -0.1) is 0 Å². The first-order valence-corrected chi connectivity index (χ1v) is 12.9. The van der Waals surface area contributed by atoms with Gasteiger partial charge in [-0.05, 0) is 68.7 Å². The summed E-state index contributed by atoms with van der Waals surface area (Å²) in [6, 6.07) is 12.8. The van der Waals surface area contributed by atoms with E-state index in [0.29, 0.717) is 24.8 Å². The number of benzene rings is 2. The summed E-state index contributed by atoms with van der Waals surface area (Å²) in [6.45, 7) is 3.86. The number of anilines is 2. The standard InChI is InChI=1S/C28H29ClN6O5/c1-28(2,40)15-32-27-31-14-18-12-20(26(39)34-23(18)35-27)25(38)33-22-13-17(8-9-21(22)29)24(37)30-10-4-6-16-5-3-7-19(36)11-16/h3,5,7-9,11-14,36,40H,4,6,10,15H2,1-2H3,(H,30,37)(H,33,38)(H2,31,32,34,35,39). The number of phenolic OH excluding ortho intramolecular Hbond substituents is 1. The zero-order valence-electron chi connectivity index (χ0n) is 21.9. The second-order valence-electron chi connectivity index (χ2n) is 9.85. The molecular weight excluding hydrogens is 536 g/mol. The van der Waals surface area contributed by atoms with Crippen molar-refractivity contribution in [1.29, 1.82) is 0 Å². The molecule has 40 heavy (non-hydrogen) atoms. The third-order valence-electron chi connectivity index (χ3n) is 5.83. The van der Waals surface area contributed by atoms with Crippen LogP contribution in [-0.4, -0.2) is 55.7 Å². The maximum absolute atomic E-state index is 13.0. The highest BCUT2D eigenvalue weighted by Gasteiger charge is 2.17. The van der Waals surface area contributed by atoms with Crippen LogP contribution in [0.3, 0.4) is 0 Å². The molecule has 12 heteroatoms. The van der Waals surface area contributed by atoms with Crippen molar-refractivity contribution >= 4 is 46.1 Å². The van der Waals surface area contributed by atoms with Gasteiger partial charge in [-0.25, -0.2) is 4.98 Å². The molecule has 4 rings (SSSR count). The van der Waals surface area contributed by atoms with Crippen LogP contribution >= 0.6 is 11.6 Å². The Kier molecular flexibility index (Phi) is 8.66. The van der Waals surface area contributed by atoms with Gasteiger partial charge in [0.25, 0.3) is 17.4 Å². The Labute approximate surface area is 234 Å². The van der Waals surface area contributed by atoms with Crippen molar-refractivity contribution in [2.75, 3.05) is 23.7 Å². The zero-order chi connectivity index (χ0) is 28.9. The highest BCUT2D eigenvalue weighted by atomic mass is 35.5. The van der Waals surface area contributed by atoms with Crippen molar-refractivity contribution in [3.63, 3.8) is 0 Å². The fourth-order valence-electron chi connectivity index (χ4n) is 3.80. The van der Waals surface area contributed by atoms with Gasteiger partial charge in [0, 0.05) is 30.2 Å². The maximum Gasteiger partial charge on any atom is 0.262 e. The van der Waals surface area contributed by atoms with Gasteiger partial charge < -0.3 is 31.1 Å². The summed E-state index contributed by atoms with van der Waals surface area (Å²) in [5, 5.41) is 28.3. The van der Waals surface area contributed by atoms with E-state index in [2.05, 4.69) is 30.9 Å². The predicted molar refractivity (Wildman–Crippen MR) is 153 cm³/mol. The molecule has 0 saturated carbocycles. The quantitative estimate of drug-likeness (QED) is 0.159. The lowest BCUT2D eigenvalue weighted by atomic mass is 10.1. The van der Waals surface area contributed by atoms with E-state index >= 15 is 0 Å². The van der Waals surface area contributed by atoms with E-state index in [4.69, 9.17) is 11.6 Å². The van der Waals surface area contributed by atoms with Gasteiger partial charge in [-0.2, -0.15) is 4.98 Å². The molecule has 2 aromatic heterocycles. The molecule has 0 aliphatic heterocycles. The fourth-order valence-corrected chi connectivity index (χ4v) is 3.97. The molecule has 6 N–H and O–H groups in total. The molecule has 0 fully saturated rings. The number of aromatic amines is 1. The summed E-state index contributed by atoms with van der Waals surface area (Å²) in [4.78, 5) is 49.3. The van der Waals surface area contributed by atoms with Crippen molar-refractivity contribution in [1.82, 2.24) is 20.3 Å². The Hall–Kier alpha value is -4.48. The number of hydrogen-bond acceptors (Lipinski definition) is 8. The van der Waals surface area contributed by atoms with Crippen molar-refractivity contribution in [3.8, 4) is 5.75 Å². The number of pyridine rings is 1. The summed E-state index contributed by atoms with van der Waals surface area (Å²) in [5.41, 5.74) is -0.217. The van der Waals surface area contributed by atoms with Crippen molar-refractivity contribution < 1.29 is 19.8 Å². The smallest absolute Gasteiger partial charge is 0.262 e. The summed E-state index contributed by atoms with van der Waals surface area (Å²) >= 11 is 6.26. The highest BCUT2D eigenvalue weighted by Crippen LogP contribution is 2.24. The molecule has 0 spiro atoms. The Morgan fingerprint density at radius 3 is 2.65 bits per heavy atom. The van der Waals surface area contributed by atoms with Crippen LogP contribution in [0.5, 0.6) is 5.75 Å². The normalized spacial score (nSPS) is 11.3. The molecule has 0 aliphatic carbocycles. The van der Waals surface area contributed by atoms with Crippen LogP contribution in [0.2, 0.25) is 5.02 Å². The van der Waals surface area contributed by atoms with Gasteiger partial charge in [0.2, 0.25) is 5.95 Å². The number of phenols is 1. The number of aryl methyl sites for hydroxylation is 1. The number of amides is 2. The number of aromatic hydroxyl groups is 1. The van der Waals surface area contributed by atoms with Gasteiger partial charge in [0.05, 0.1) is 16.3 Å². The van der Waals surface area contributed by atoms with E-state index in [1.165, 1.54) is 30.5 Å². The number of halogens is 1. The number of hydrogen-bond donors (Lipinski definition) is 6. The van der Waals surface area contributed by atoms with E-state index in [1.807, 2.05) is 6.07 Å². The lowest BCUT2D eigenvalue weighted by molar-refractivity contribution is 0.0939. The van der Waals surface area contributed by atoms with E-state index in [-0.39, 0.29) is 51.6 Å². The molecule has 0 aliphatic rings. The van der Waals surface area contributed by atoms with Crippen molar-refractivity contribution in [3.05, 3.63) is 86.8 Å². The van der Waals surface area contributed by atoms with Crippen LogP contribution < -0.4 is 21.5 Å². The lowest BCUT2D eigenvalue weighted by Crippen LogP contribution is -2.30. The minimum atomic E-state index is -0.985. The Bertz CT molecular complexity index is 1620. The molecule has 0 saturated heterocycles. The topological polar surface area (TPSA) is 169 Å². The average molecular weight is 565 g/mol. The molecule has 2 heterocycles. The average Bonchev–Trinajstić information content (AvgIpc) is 2.90. The number of carbonyl (C=O) groups is 2. The molecule has 0 radical (unpaired) electrons. The fraction of sp³-hybridized carbons (Fsp3) is 0.250. The highest BCUT2D eigenvalue weighted by molar-refractivity contribution is 6.34. The minimum Gasteiger partial charge on any atom is -0.508 e. The molecule has 4 aromatic rings. The Morgan fingerprint density at radius 1 is 1.10 bits per heavy atom. The number of rotatable bonds is 10. The minimum absolute atomic E-state index is 0.168. The van der Waals surface area contributed by atoms with Crippen molar-refractivity contribution in [2.24, 2.45) is 0 Å². The molecule has 208 valence electrons. The van der Waals surface area contributed by atoms with E-state index in [9.17, 15) is 24.6 Å². The molecule has 0 bridgehead atoms. The number of nitrogens with zero attached hydrogens (tertiary/aromatic N) is 2. The molecule has 2 amide bonds. The summed E-state index contributed by atoms with van der Waals surface area (Å²) in [6.07, 6.45) is 2.79. The second kappa shape index (κ2) is 12.1. The van der Waals surface area contributed by atoms with Crippen LogP contribution in [0.15, 0.2) is 59.5 Å². The summed E-state index contributed by atoms with van der Waals surface area (Å²) < 4.78 is 0. The number of carbonyl (C=O) groups excluding carboxylic acids is 2. The van der Waals surface area contributed by atoms with Crippen LogP contribution in [-0.2, 0) is 6.42 Å². The van der Waals surface area contributed by atoms with Crippen LogP contribution in [0, 0.1) is 0 Å². The third kappa shape index (κ3) is 7.55. The molecule has 2 aromatic carbocycles. The number of H-pyrrole nitrogens is 1. The van der Waals surface area contributed by atoms with E-state index in [1.54, 1.807) is 32.0 Å². The van der Waals surface area contributed by atoms with Crippen LogP contribution in [0.4, 0.5) is 11.6 Å². The first-order valence-electron chi connectivity index (χ1n) is 12.5. The third-order valence-corrected chi connectivity index (χ3v) is 6.16. The SMILES string of the molecule is CC(C)(O)CNc1ncc2cc(C(=O)Nc3cc(C(=O)NCCCc4cccc(O)c4)ccc3Cl)c(=O)[nH]c2n1. The van der Waals surface area contributed by atoms with Crippen LogP contribution in [0.1, 0.15) is 46.5 Å². The van der Waals surface area contributed by atoms with E-state index < -0.39 is 17.1 Å².